The summed E-state index contributed by atoms with van der Waals surface area (Å²) in [7, 11) is 0. The van der Waals surface area contributed by atoms with Crippen LogP contribution in [0.25, 0.3) is 0 Å². The summed E-state index contributed by atoms with van der Waals surface area (Å²) >= 11 is -1.78. The Labute approximate surface area is 109 Å². The van der Waals surface area contributed by atoms with Crippen molar-refractivity contribution < 1.29 is 16.6 Å². The van der Waals surface area contributed by atoms with Gasteiger partial charge in [-0.3, -0.25) is 0 Å². The van der Waals surface area contributed by atoms with E-state index in [1.54, 1.807) is 20.6 Å². The van der Waals surface area contributed by atoms with E-state index < -0.39 is 16.6 Å². The Bertz CT molecular complexity index is 442. The van der Waals surface area contributed by atoms with Crippen LogP contribution < -0.4 is 0 Å². The quantitative estimate of drug-likeness (QED) is 0.617. The van der Waals surface area contributed by atoms with Gasteiger partial charge in [0.2, 0.25) is 0 Å². The van der Waals surface area contributed by atoms with E-state index >= 15 is 0 Å². The summed E-state index contributed by atoms with van der Waals surface area (Å²) in [5.74, 6) is 1.45. The third-order valence-electron chi connectivity index (χ3n) is 4.81. The summed E-state index contributed by atoms with van der Waals surface area (Å²) in [5.41, 5.74) is 3.21. The summed E-state index contributed by atoms with van der Waals surface area (Å²) in [6, 6.07) is 0. The van der Waals surface area contributed by atoms with Gasteiger partial charge < -0.3 is 0 Å². The van der Waals surface area contributed by atoms with Crippen LogP contribution >= 0.6 is 0 Å². The zero-order valence-corrected chi connectivity index (χ0v) is 12.9. The average molecular weight is 262 g/mol. The minimum atomic E-state index is -1.78. The fourth-order valence-electron chi connectivity index (χ4n) is 4.10. The number of rotatable bonds is 2. The fraction of sp³-hybridized carbons (Fsp3) is 0.500. The van der Waals surface area contributed by atoms with Crippen LogP contribution in [0.2, 0.25) is 9.45 Å². The molecule has 0 saturated carbocycles. The van der Waals surface area contributed by atoms with E-state index in [-0.39, 0.29) is 0 Å². The van der Waals surface area contributed by atoms with Crippen molar-refractivity contribution in [3.05, 3.63) is 43.2 Å². The minimum absolute atomic E-state index is 0.727. The first-order valence-electron chi connectivity index (χ1n) is 6.85. The second-order valence-corrected chi connectivity index (χ2v) is 12.7. The summed E-state index contributed by atoms with van der Waals surface area (Å²) in [6.07, 6.45) is 9.57. The molecular weight excluding hydrogens is 240 g/mol. The Morgan fingerprint density at radius 2 is 1.29 bits per heavy atom. The van der Waals surface area contributed by atoms with E-state index in [1.807, 2.05) is 7.76 Å². The Morgan fingerprint density at radius 1 is 0.882 bits per heavy atom. The zero-order chi connectivity index (χ0) is 12.2. The van der Waals surface area contributed by atoms with Crippen LogP contribution in [0.1, 0.15) is 27.7 Å². The van der Waals surface area contributed by atoms with Crippen LogP contribution in [0.3, 0.4) is 0 Å². The Morgan fingerprint density at radius 3 is 1.53 bits per heavy atom. The Kier molecular flexibility index (Phi) is 2.65. The second-order valence-electron chi connectivity index (χ2n) is 6.07. The van der Waals surface area contributed by atoms with Crippen molar-refractivity contribution in [2.75, 3.05) is 0 Å². The molecule has 2 unspecified atom stereocenters. The molecule has 3 aliphatic rings. The molecule has 90 valence electrons. The summed E-state index contributed by atoms with van der Waals surface area (Å²) < 4.78 is 6.90. The summed E-state index contributed by atoms with van der Waals surface area (Å²) in [6.45, 7) is 9.47. The normalized spacial score (nSPS) is 34.1. The van der Waals surface area contributed by atoms with Crippen molar-refractivity contribution >= 4 is 0 Å². The van der Waals surface area contributed by atoms with Gasteiger partial charge in [-0.15, -0.1) is 0 Å². The first-order chi connectivity index (χ1) is 8.06. The second kappa shape index (κ2) is 3.83. The third-order valence-corrected chi connectivity index (χ3v) is 13.0. The van der Waals surface area contributed by atoms with Gasteiger partial charge in [0.05, 0.1) is 0 Å². The molecule has 2 aliphatic carbocycles. The number of hydrogen-bond donors (Lipinski definition) is 0. The molecule has 0 nitrogen and oxygen atoms in total. The Hall–Kier alpha value is -0.326. The van der Waals surface area contributed by atoms with Crippen LogP contribution in [0, 0.1) is 11.8 Å². The average Bonchev–Trinajstić information content (AvgIpc) is 2.87. The number of allylic oxidation sites excluding steroid dienone is 8. The monoisotopic (exact) mass is 262 g/mol. The molecule has 0 N–H and O–H groups in total. The van der Waals surface area contributed by atoms with E-state index in [9.17, 15) is 0 Å². The standard InChI is InChI=1S/2C7H9.C2H4.Ti/c2*1-6-3-4-7(2)5-6;1-2;/h2*3-4,6H,1-2H3;1-2H2;. The molecule has 3 rings (SSSR count). The van der Waals surface area contributed by atoms with Crippen molar-refractivity contribution in [1.29, 1.82) is 0 Å². The number of hydrogen-bond acceptors (Lipinski definition) is 0. The van der Waals surface area contributed by atoms with Gasteiger partial charge in [-0.25, -0.2) is 0 Å². The van der Waals surface area contributed by atoms with Crippen molar-refractivity contribution in [2.24, 2.45) is 11.8 Å². The SMILES string of the molecule is CC1=[C]([Ti]2([C]3=C(C)C=CC3C)[CH2][CH2]2)C(C)C=C1. The van der Waals surface area contributed by atoms with E-state index in [4.69, 9.17) is 0 Å². The van der Waals surface area contributed by atoms with Gasteiger partial charge in [0, 0.05) is 0 Å². The summed E-state index contributed by atoms with van der Waals surface area (Å²) in [5, 5.41) is 0. The molecule has 1 heteroatoms. The van der Waals surface area contributed by atoms with E-state index in [0.29, 0.717) is 0 Å². The van der Waals surface area contributed by atoms with Crippen LogP contribution in [0.4, 0.5) is 0 Å². The van der Waals surface area contributed by atoms with Crippen LogP contribution in [-0.2, 0) is 16.6 Å². The van der Waals surface area contributed by atoms with Gasteiger partial charge in [0.15, 0.2) is 0 Å². The topological polar surface area (TPSA) is 0 Å². The molecule has 1 fully saturated rings. The third kappa shape index (κ3) is 1.61. The molecule has 2 atom stereocenters. The molecule has 0 aromatic rings. The van der Waals surface area contributed by atoms with Gasteiger partial charge in [-0.1, -0.05) is 0 Å². The maximum absolute atomic E-state index is 2.42. The first-order valence-corrected chi connectivity index (χ1v) is 10.6. The summed E-state index contributed by atoms with van der Waals surface area (Å²) in [4.78, 5) is 0. The molecule has 1 aliphatic heterocycles. The first kappa shape index (κ1) is 11.7. The molecule has 1 heterocycles. The van der Waals surface area contributed by atoms with E-state index in [1.165, 1.54) is 0 Å². The molecular formula is C16H22Ti. The van der Waals surface area contributed by atoms with E-state index in [0.717, 1.165) is 11.8 Å². The molecule has 0 bridgehead atoms. The van der Waals surface area contributed by atoms with Crippen molar-refractivity contribution in [3.63, 3.8) is 0 Å². The van der Waals surface area contributed by atoms with Gasteiger partial charge >= 0.3 is 109 Å². The van der Waals surface area contributed by atoms with Gasteiger partial charge in [0.25, 0.3) is 0 Å². The van der Waals surface area contributed by atoms with Crippen molar-refractivity contribution in [3.8, 4) is 0 Å². The Balaban J connectivity index is 2.05. The molecule has 1 saturated heterocycles. The van der Waals surface area contributed by atoms with Gasteiger partial charge in [0.1, 0.15) is 0 Å². The van der Waals surface area contributed by atoms with Crippen molar-refractivity contribution in [2.45, 2.75) is 37.1 Å². The molecule has 17 heavy (non-hydrogen) atoms. The van der Waals surface area contributed by atoms with Crippen LogP contribution in [0.15, 0.2) is 43.2 Å². The van der Waals surface area contributed by atoms with Crippen molar-refractivity contribution in [1.82, 2.24) is 0 Å². The predicted molar refractivity (Wildman–Crippen MR) is 71.6 cm³/mol. The maximum atomic E-state index is 2.42. The molecule has 0 aromatic heterocycles. The van der Waals surface area contributed by atoms with Gasteiger partial charge in [-0.2, -0.15) is 0 Å². The zero-order valence-electron chi connectivity index (χ0n) is 11.4. The molecule has 0 spiro atoms. The fourth-order valence-corrected chi connectivity index (χ4v) is 13.9. The molecule has 0 amide bonds. The van der Waals surface area contributed by atoms with Gasteiger partial charge in [-0.05, 0) is 0 Å². The van der Waals surface area contributed by atoms with Crippen LogP contribution in [-0.4, -0.2) is 0 Å². The molecule has 0 aromatic carbocycles. The van der Waals surface area contributed by atoms with E-state index in [2.05, 4.69) is 52.0 Å². The van der Waals surface area contributed by atoms with Crippen LogP contribution in [0.5, 0.6) is 0 Å². The predicted octanol–water partition coefficient (Wildman–Crippen LogP) is 4.95. The molecule has 0 radical (unpaired) electrons.